The molecule has 110 valence electrons. The molecule has 0 aliphatic heterocycles. The van der Waals surface area contributed by atoms with Crippen LogP contribution >= 0.6 is 27.3 Å². The van der Waals surface area contributed by atoms with Gasteiger partial charge in [0.05, 0.1) is 0 Å². The molecule has 1 atom stereocenters. The molecule has 1 aromatic heterocycles. The van der Waals surface area contributed by atoms with E-state index >= 15 is 0 Å². The summed E-state index contributed by atoms with van der Waals surface area (Å²) in [5, 5.41) is 3.80. The summed E-state index contributed by atoms with van der Waals surface area (Å²) in [6.45, 7) is 0. The fourth-order valence-electron chi connectivity index (χ4n) is 1.96. The molecule has 8 heteroatoms. The molecule has 0 spiro atoms. The predicted octanol–water partition coefficient (Wildman–Crippen LogP) is 5.12. The first-order valence-electron chi connectivity index (χ1n) is 5.47. The van der Waals surface area contributed by atoms with E-state index in [4.69, 9.17) is 0 Å². The van der Waals surface area contributed by atoms with Gasteiger partial charge in [-0.2, -0.15) is 22.0 Å². The summed E-state index contributed by atoms with van der Waals surface area (Å²) in [7, 11) is 1.09. The number of benzene rings is 1. The van der Waals surface area contributed by atoms with Gasteiger partial charge in [-0.05, 0) is 45.4 Å². The average molecular weight is 374 g/mol. The lowest BCUT2D eigenvalue weighted by Crippen LogP contribution is -2.46. The number of nitrogens with one attached hydrogen (secondary N) is 1. The first-order chi connectivity index (χ1) is 9.20. The standard InChI is InChI=1S/C12H9BrF5NS/c1-19-10(11(14,15)12(16,17)18)7-5-20-9-6(7)3-2-4-8(9)13/h2-5,10,19H,1H3. The summed E-state index contributed by atoms with van der Waals surface area (Å²) in [4.78, 5) is 0. The Bertz CT molecular complexity index is 622. The molecule has 2 aromatic rings. The van der Waals surface area contributed by atoms with Crippen LogP contribution in [0.25, 0.3) is 10.1 Å². The molecule has 1 aromatic carbocycles. The molecule has 20 heavy (non-hydrogen) atoms. The van der Waals surface area contributed by atoms with Crippen molar-refractivity contribution < 1.29 is 22.0 Å². The quantitative estimate of drug-likeness (QED) is 0.736. The maximum atomic E-state index is 13.6. The summed E-state index contributed by atoms with van der Waals surface area (Å²) in [5.41, 5.74) is -0.0591. The lowest BCUT2D eigenvalue weighted by atomic mass is 9.99. The van der Waals surface area contributed by atoms with Crippen molar-refractivity contribution in [2.24, 2.45) is 0 Å². The zero-order valence-corrected chi connectivity index (χ0v) is 12.5. The maximum Gasteiger partial charge on any atom is 0.455 e. The Morgan fingerprint density at radius 3 is 2.40 bits per heavy atom. The number of hydrogen-bond donors (Lipinski definition) is 1. The van der Waals surface area contributed by atoms with Gasteiger partial charge in [0.15, 0.2) is 0 Å². The van der Waals surface area contributed by atoms with Crippen molar-refractivity contribution in [3.63, 3.8) is 0 Å². The lowest BCUT2D eigenvalue weighted by molar-refractivity contribution is -0.293. The van der Waals surface area contributed by atoms with Gasteiger partial charge in [-0.25, -0.2) is 0 Å². The van der Waals surface area contributed by atoms with Gasteiger partial charge in [0, 0.05) is 9.17 Å². The molecule has 1 N–H and O–H groups in total. The van der Waals surface area contributed by atoms with Crippen LogP contribution in [0.4, 0.5) is 22.0 Å². The van der Waals surface area contributed by atoms with E-state index in [1.807, 2.05) is 0 Å². The molecule has 0 fully saturated rings. The third kappa shape index (κ3) is 2.44. The molecule has 2 rings (SSSR count). The minimum atomic E-state index is -5.61. The van der Waals surface area contributed by atoms with Crippen molar-refractivity contribution in [1.82, 2.24) is 5.32 Å². The second-order valence-electron chi connectivity index (χ2n) is 4.15. The number of fused-ring (bicyclic) bond motifs is 1. The summed E-state index contributed by atoms with van der Waals surface area (Å²) in [5.74, 6) is -4.85. The van der Waals surface area contributed by atoms with Crippen molar-refractivity contribution in [1.29, 1.82) is 0 Å². The highest BCUT2D eigenvalue weighted by Gasteiger charge is 2.62. The van der Waals surface area contributed by atoms with Gasteiger partial charge in [-0.3, -0.25) is 0 Å². The second-order valence-corrected chi connectivity index (χ2v) is 5.88. The van der Waals surface area contributed by atoms with Crippen molar-refractivity contribution >= 4 is 37.4 Å². The maximum absolute atomic E-state index is 13.6. The van der Waals surface area contributed by atoms with E-state index in [1.165, 1.54) is 11.4 Å². The van der Waals surface area contributed by atoms with Crippen molar-refractivity contribution in [2.75, 3.05) is 7.05 Å². The smallest absolute Gasteiger partial charge is 0.308 e. The molecule has 0 aliphatic carbocycles. The highest BCUT2D eigenvalue weighted by Crippen LogP contribution is 2.47. The van der Waals surface area contributed by atoms with E-state index in [0.717, 1.165) is 18.4 Å². The molecular weight excluding hydrogens is 365 g/mol. The molecule has 0 saturated carbocycles. The fourth-order valence-corrected chi connectivity index (χ4v) is 3.61. The fraction of sp³-hybridized carbons (Fsp3) is 0.333. The predicted molar refractivity (Wildman–Crippen MR) is 72.3 cm³/mol. The van der Waals surface area contributed by atoms with Crippen LogP contribution in [0.3, 0.4) is 0 Å². The third-order valence-electron chi connectivity index (χ3n) is 2.92. The summed E-state index contributed by atoms with van der Waals surface area (Å²) < 4.78 is 66.1. The van der Waals surface area contributed by atoms with Crippen LogP contribution < -0.4 is 5.32 Å². The minimum Gasteiger partial charge on any atom is -0.308 e. The molecule has 0 radical (unpaired) electrons. The highest BCUT2D eigenvalue weighted by atomic mass is 79.9. The van der Waals surface area contributed by atoms with Gasteiger partial charge in [-0.1, -0.05) is 12.1 Å². The molecule has 0 aliphatic rings. The van der Waals surface area contributed by atoms with E-state index in [9.17, 15) is 22.0 Å². The molecular formula is C12H9BrF5NS. The van der Waals surface area contributed by atoms with Crippen LogP contribution in [0.2, 0.25) is 0 Å². The van der Waals surface area contributed by atoms with Gasteiger partial charge in [0.25, 0.3) is 0 Å². The molecule has 1 unspecified atom stereocenters. The summed E-state index contributed by atoms with van der Waals surface area (Å²) in [6.07, 6.45) is -5.61. The third-order valence-corrected chi connectivity index (χ3v) is 4.89. The molecule has 1 nitrogen and oxygen atoms in total. The topological polar surface area (TPSA) is 12.0 Å². The normalized spacial score (nSPS) is 14.8. The average Bonchev–Trinajstić information content (AvgIpc) is 2.74. The minimum absolute atomic E-state index is 0.0591. The van der Waals surface area contributed by atoms with E-state index in [-0.39, 0.29) is 5.56 Å². The number of rotatable bonds is 3. The number of halogens is 6. The Kier molecular flexibility index (Phi) is 4.10. The second kappa shape index (κ2) is 5.23. The number of thiophene rings is 1. The summed E-state index contributed by atoms with van der Waals surface area (Å²) in [6, 6.07) is 2.72. The zero-order valence-electron chi connectivity index (χ0n) is 10.1. The van der Waals surface area contributed by atoms with Gasteiger partial charge >= 0.3 is 12.1 Å². The highest BCUT2D eigenvalue weighted by molar-refractivity contribution is 9.10. The van der Waals surface area contributed by atoms with E-state index < -0.39 is 18.1 Å². The van der Waals surface area contributed by atoms with Crippen LogP contribution in [0.15, 0.2) is 28.1 Å². The van der Waals surface area contributed by atoms with Crippen LogP contribution in [-0.2, 0) is 0 Å². The SMILES string of the molecule is CNC(c1csc2c(Br)cccc12)C(F)(F)C(F)(F)F. The first kappa shape index (κ1) is 15.7. The Balaban J connectivity index is 2.59. The van der Waals surface area contributed by atoms with Crippen molar-refractivity contribution in [3.05, 3.63) is 33.6 Å². The van der Waals surface area contributed by atoms with E-state index in [1.54, 1.807) is 12.1 Å². The molecule has 0 amide bonds. The van der Waals surface area contributed by atoms with E-state index in [0.29, 0.717) is 14.6 Å². The Morgan fingerprint density at radius 1 is 1.20 bits per heavy atom. The first-order valence-corrected chi connectivity index (χ1v) is 7.15. The Labute approximate surface area is 123 Å². The van der Waals surface area contributed by atoms with Gasteiger partial charge in [0.1, 0.15) is 6.04 Å². The van der Waals surface area contributed by atoms with Gasteiger partial charge in [0.2, 0.25) is 0 Å². The molecule has 1 heterocycles. The van der Waals surface area contributed by atoms with Crippen LogP contribution in [0, 0.1) is 0 Å². The molecule has 0 saturated heterocycles. The molecule has 0 bridgehead atoms. The van der Waals surface area contributed by atoms with Crippen LogP contribution in [0.1, 0.15) is 11.6 Å². The monoisotopic (exact) mass is 373 g/mol. The van der Waals surface area contributed by atoms with Crippen molar-refractivity contribution in [3.8, 4) is 0 Å². The number of hydrogen-bond acceptors (Lipinski definition) is 2. The largest absolute Gasteiger partial charge is 0.455 e. The van der Waals surface area contributed by atoms with Gasteiger partial charge < -0.3 is 5.32 Å². The zero-order chi connectivity index (χ0) is 15.1. The van der Waals surface area contributed by atoms with E-state index in [2.05, 4.69) is 21.2 Å². The Hall–Kier alpha value is -0.730. The Morgan fingerprint density at radius 2 is 1.85 bits per heavy atom. The number of alkyl halides is 5. The summed E-state index contributed by atoms with van der Waals surface area (Å²) >= 11 is 4.37. The van der Waals surface area contributed by atoms with Crippen LogP contribution in [0.5, 0.6) is 0 Å². The lowest BCUT2D eigenvalue weighted by Gasteiger charge is -2.28. The van der Waals surface area contributed by atoms with Crippen LogP contribution in [-0.4, -0.2) is 19.1 Å². The van der Waals surface area contributed by atoms with Crippen molar-refractivity contribution in [2.45, 2.75) is 18.1 Å². The van der Waals surface area contributed by atoms with Gasteiger partial charge in [-0.15, -0.1) is 11.3 Å².